The summed E-state index contributed by atoms with van der Waals surface area (Å²) < 4.78 is 10.5. The van der Waals surface area contributed by atoms with Crippen LogP contribution >= 0.6 is 0 Å². The van der Waals surface area contributed by atoms with Gasteiger partial charge in [-0.25, -0.2) is 0 Å². The minimum atomic E-state index is -0.461. The summed E-state index contributed by atoms with van der Waals surface area (Å²) >= 11 is 0. The van der Waals surface area contributed by atoms with E-state index in [0.29, 0.717) is 32.2 Å². The second-order valence-electron chi connectivity index (χ2n) is 4.64. The number of nitrogens with zero attached hydrogens (tertiary/aromatic N) is 2. The van der Waals surface area contributed by atoms with Crippen molar-refractivity contribution < 1.29 is 18.7 Å². The van der Waals surface area contributed by atoms with E-state index in [2.05, 4.69) is 0 Å². The number of ether oxygens (including phenoxy) is 1. The van der Waals surface area contributed by atoms with Crippen molar-refractivity contribution in [3.05, 3.63) is 17.9 Å². The molecule has 6 nitrogen and oxygen atoms in total. The molecule has 0 radical (unpaired) electrons. The zero-order valence-corrected chi connectivity index (χ0v) is 12.1. The van der Waals surface area contributed by atoms with Gasteiger partial charge >= 0.3 is 0 Å². The summed E-state index contributed by atoms with van der Waals surface area (Å²) in [5, 5.41) is 0. The lowest BCUT2D eigenvalue weighted by molar-refractivity contribution is -0.139. The van der Waals surface area contributed by atoms with E-state index in [4.69, 9.17) is 9.15 Å². The Morgan fingerprint density at radius 3 is 2.80 bits per heavy atom. The Morgan fingerprint density at radius 1 is 1.40 bits per heavy atom. The van der Waals surface area contributed by atoms with Gasteiger partial charge in [-0.2, -0.15) is 0 Å². The topological polar surface area (TPSA) is 63.0 Å². The van der Waals surface area contributed by atoms with Crippen molar-refractivity contribution in [1.82, 2.24) is 9.80 Å². The summed E-state index contributed by atoms with van der Waals surface area (Å²) in [6.45, 7) is 7.74. The van der Waals surface area contributed by atoms with Crippen LogP contribution in [0.5, 0.6) is 5.95 Å². The Balaban J connectivity index is 2.10. The maximum atomic E-state index is 12.4. The van der Waals surface area contributed by atoms with E-state index in [1.165, 1.54) is 0 Å². The summed E-state index contributed by atoms with van der Waals surface area (Å²) in [5.74, 6) is 0.233. The average molecular weight is 280 g/mol. The summed E-state index contributed by atoms with van der Waals surface area (Å²) in [6, 6.07) is 2.74. The van der Waals surface area contributed by atoms with Crippen LogP contribution in [-0.4, -0.2) is 53.9 Å². The molecule has 6 heteroatoms. The normalized spacial score (nSPS) is 19.4. The molecule has 1 aromatic heterocycles. The molecule has 2 heterocycles. The first-order chi connectivity index (χ1) is 9.58. The Labute approximate surface area is 118 Å². The SMILES string of the molecule is CCOc1ccc(C(=O)N2CCN(CC)C(=O)[C@H]2C)o1. The van der Waals surface area contributed by atoms with Gasteiger partial charge in [0.25, 0.3) is 11.9 Å². The third kappa shape index (κ3) is 2.64. The van der Waals surface area contributed by atoms with Crippen molar-refractivity contribution in [1.29, 1.82) is 0 Å². The Kier molecular flexibility index (Phi) is 4.32. The van der Waals surface area contributed by atoms with Crippen molar-refractivity contribution in [3.8, 4) is 5.95 Å². The summed E-state index contributed by atoms with van der Waals surface area (Å²) in [6.07, 6.45) is 0. The van der Waals surface area contributed by atoms with Crippen LogP contribution in [-0.2, 0) is 4.79 Å². The number of likely N-dealkylation sites (N-methyl/N-ethyl adjacent to an activating group) is 1. The van der Waals surface area contributed by atoms with Crippen LogP contribution in [0.3, 0.4) is 0 Å². The van der Waals surface area contributed by atoms with Crippen LogP contribution in [0.2, 0.25) is 0 Å². The Bertz CT molecular complexity index is 497. The molecule has 110 valence electrons. The molecule has 1 saturated heterocycles. The van der Waals surface area contributed by atoms with Crippen LogP contribution in [0, 0.1) is 0 Å². The molecule has 0 bridgehead atoms. The summed E-state index contributed by atoms with van der Waals surface area (Å²) in [4.78, 5) is 27.8. The molecule has 20 heavy (non-hydrogen) atoms. The second kappa shape index (κ2) is 5.98. The quantitative estimate of drug-likeness (QED) is 0.835. The predicted molar refractivity (Wildman–Crippen MR) is 72.6 cm³/mol. The molecule has 0 spiro atoms. The lowest BCUT2D eigenvalue weighted by Gasteiger charge is -2.38. The first-order valence-electron chi connectivity index (χ1n) is 6.90. The van der Waals surface area contributed by atoms with Gasteiger partial charge in [0.1, 0.15) is 6.04 Å². The minimum absolute atomic E-state index is 0.0244. The molecule has 0 unspecified atom stereocenters. The first-order valence-corrected chi connectivity index (χ1v) is 6.90. The average Bonchev–Trinajstić information content (AvgIpc) is 2.90. The highest BCUT2D eigenvalue weighted by Crippen LogP contribution is 2.20. The van der Waals surface area contributed by atoms with Crippen LogP contribution in [0.25, 0.3) is 0 Å². The number of amides is 2. The van der Waals surface area contributed by atoms with E-state index >= 15 is 0 Å². The number of rotatable bonds is 4. The highest BCUT2D eigenvalue weighted by molar-refractivity contribution is 5.96. The number of hydrogen-bond acceptors (Lipinski definition) is 4. The van der Waals surface area contributed by atoms with Gasteiger partial charge in [0.2, 0.25) is 5.91 Å². The van der Waals surface area contributed by atoms with E-state index in [9.17, 15) is 9.59 Å². The molecule has 1 aliphatic rings. The summed E-state index contributed by atoms with van der Waals surface area (Å²) in [5.41, 5.74) is 0. The van der Waals surface area contributed by atoms with Gasteiger partial charge in [0.05, 0.1) is 6.61 Å². The zero-order valence-electron chi connectivity index (χ0n) is 12.1. The van der Waals surface area contributed by atoms with Gasteiger partial charge in [-0.3, -0.25) is 9.59 Å². The summed E-state index contributed by atoms with van der Waals surface area (Å²) in [7, 11) is 0. The third-order valence-corrected chi connectivity index (χ3v) is 3.47. The van der Waals surface area contributed by atoms with Crippen LogP contribution in [0.4, 0.5) is 0 Å². The van der Waals surface area contributed by atoms with Gasteiger partial charge < -0.3 is 19.0 Å². The molecule has 0 aromatic carbocycles. The van der Waals surface area contributed by atoms with Gasteiger partial charge in [-0.15, -0.1) is 0 Å². The molecule has 0 aliphatic carbocycles. The van der Waals surface area contributed by atoms with Gasteiger partial charge in [-0.05, 0) is 26.8 Å². The molecule has 0 saturated carbocycles. The van der Waals surface area contributed by atoms with Crippen molar-refractivity contribution in [2.75, 3.05) is 26.2 Å². The molecule has 1 atom stereocenters. The van der Waals surface area contributed by atoms with E-state index < -0.39 is 6.04 Å². The smallest absolute Gasteiger partial charge is 0.290 e. The predicted octanol–water partition coefficient (Wildman–Crippen LogP) is 1.37. The fraction of sp³-hybridized carbons (Fsp3) is 0.571. The largest absolute Gasteiger partial charge is 0.465 e. The van der Waals surface area contributed by atoms with Gasteiger partial charge in [0, 0.05) is 25.7 Å². The van der Waals surface area contributed by atoms with Crippen molar-refractivity contribution in [2.24, 2.45) is 0 Å². The number of furan rings is 1. The lowest BCUT2D eigenvalue weighted by Crippen LogP contribution is -2.57. The zero-order chi connectivity index (χ0) is 14.7. The second-order valence-corrected chi connectivity index (χ2v) is 4.64. The number of hydrogen-bond donors (Lipinski definition) is 0. The monoisotopic (exact) mass is 280 g/mol. The van der Waals surface area contributed by atoms with Crippen LogP contribution in [0.1, 0.15) is 31.3 Å². The van der Waals surface area contributed by atoms with E-state index in [1.54, 1.807) is 28.9 Å². The molecule has 1 fully saturated rings. The molecular formula is C14H20N2O4. The van der Waals surface area contributed by atoms with E-state index in [-0.39, 0.29) is 17.6 Å². The highest BCUT2D eigenvalue weighted by atomic mass is 16.6. The molecule has 1 aliphatic heterocycles. The number of piperazine rings is 1. The van der Waals surface area contributed by atoms with Crippen LogP contribution in [0.15, 0.2) is 16.5 Å². The van der Waals surface area contributed by atoms with Crippen molar-refractivity contribution in [2.45, 2.75) is 26.8 Å². The fourth-order valence-corrected chi connectivity index (χ4v) is 2.32. The van der Waals surface area contributed by atoms with Crippen molar-refractivity contribution >= 4 is 11.8 Å². The third-order valence-electron chi connectivity index (χ3n) is 3.47. The molecular weight excluding hydrogens is 260 g/mol. The minimum Gasteiger partial charge on any atom is -0.465 e. The van der Waals surface area contributed by atoms with Crippen LogP contribution < -0.4 is 4.74 Å². The van der Waals surface area contributed by atoms with E-state index in [0.717, 1.165) is 0 Å². The van der Waals surface area contributed by atoms with Gasteiger partial charge in [-0.1, -0.05) is 0 Å². The molecule has 0 N–H and O–H groups in total. The van der Waals surface area contributed by atoms with Gasteiger partial charge in [0.15, 0.2) is 5.76 Å². The maximum absolute atomic E-state index is 12.4. The maximum Gasteiger partial charge on any atom is 0.290 e. The standard InChI is InChI=1S/C14H20N2O4/c1-4-15-8-9-16(10(3)13(15)17)14(18)11-6-7-12(20-11)19-5-2/h6-7,10H,4-5,8-9H2,1-3H3/t10-/m1/s1. The molecule has 2 rings (SSSR count). The first kappa shape index (κ1) is 14.4. The molecule has 1 aromatic rings. The van der Waals surface area contributed by atoms with Crippen molar-refractivity contribution in [3.63, 3.8) is 0 Å². The lowest BCUT2D eigenvalue weighted by atomic mass is 10.1. The Hall–Kier alpha value is -1.98. The fourth-order valence-electron chi connectivity index (χ4n) is 2.32. The molecule has 2 amide bonds. The number of carbonyl (C=O) groups excluding carboxylic acids is 2. The highest BCUT2D eigenvalue weighted by Gasteiger charge is 2.35. The number of carbonyl (C=O) groups is 2. The van der Waals surface area contributed by atoms with E-state index in [1.807, 2.05) is 13.8 Å². The Morgan fingerprint density at radius 2 is 2.15 bits per heavy atom.